The van der Waals surface area contributed by atoms with Gasteiger partial charge in [0, 0.05) is 32.5 Å². The second-order valence-electron chi connectivity index (χ2n) is 5.76. The third-order valence-corrected chi connectivity index (χ3v) is 4.28. The van der Waals surface area contributed by atoms with Crippen LogP contribution in [0.5, 0.6) is 0 Å². The van der Waals surface area contributed by atoms with Crippen LogP contribution in [0.1, 0.15) is 37.1 Å². The predicted octanol–water partition coefficient (Wildman–Crippen LogP) is 0.500. The number of likely N-dealkylation sites (tertiary alicyclic amines) is 1. The van der Waals surface area contributed by atoms with E-state index in [9.17, 15) is 9.59 Å². The molecule has 0 aliphatic carbocycles. The van der Waals surface area contributed by atoms with E-state index in [4.69, 9.17) is 5.26 Å². The van der Waals surface area contributed by atoms with Crippen LogP contribution in [0.3, 0.4) is 0 Å². The molecule has 1 aromatic heterocycles. The molecule has 22 heavy (non-hydrogen) atoms. The fourth-order valence-corrected chi connectivity index (χ4v) is 3.02. The number of fused-ring (bicyclic) bond motifs is 1. The van der Waals surface area contributed by atoms with Crippen molar-refractivity contribution in [2.75, 3.05) is 19.6 Å². The molecule has 0 spiro atoms. The molecular formula is C15H19N5O2. The van der Waals surface area contributed by atoms with Crippen LogP contribution >= 0.6 is 0 Å². The highest BCUT2D eigenvalue weighted by Crippen LogP contribution is 2.15. The Morgan fingerprint density at radius 3 is 2.95 bits per heavy atom. The zero-order chi connectivity index (χ0) is 15.5. The van der Waals surface area contributed by atoms with Gasteiger partial charge in [-0.3, -0.25) is 14.3 Å². The second-order valence-corrected chi connectivity index (χ2v) is 5.76. The molecule has 1 saturated heterocycles. The molecule has 0 saturated carbocycles. The summed E-state index contributed by atoms with van der Waals surface area (Å²) in [7, 11) is 0. The molecule has 2 aliphatic rings. The van der Waals surface area contributed by atoms with Gasteiger partial charge in [-0.15, -0.1) is 0 Å². The van der Waals surface area contributed by atoms with Gasteiger partial charge in [0.2, 0.25) is 11.8 Å². The molecule has 0 radical (unpaired) electrons. The first-order valence-corrected chi connectivity index (χ1v) is 7.70. The van der Waals surface area contributed by atoms with E-state index < -0.39 is 0 Å². The van der Waals surface area contributed by atoms with E-state index in [1.807, 2.05) is 6.07 Å². The number of rotatable bonds is 3. The molecule has 2 aliphatic heterocycles. The first kappa shape index (κ1) is 14.6. The summed E-state index contributed by atoms with van der Waals surface area (Å²) in [6.45, 7) is 2.99. The van der Waals surface area contributed by atoms with E-state index in [1.165, 1.54) is 0 Å². The van der Waals surface area contributed by atoms with Gasteiger partial charge in [-0.2, -0.15) is 10.4 Å². The lowest BCUT2D eigenvalue weighted by Crippen LogP contribution is -2.41. The third kappa shape index (κ3) is 2.96. The predicted molar refractivity (Wildman–Crippen MR) is 77.4 cm³/mol. The maximum Gasteiger partial charge on any atom is 0.224 e. The smallest absolute Gasteiger partial charge is 0.224 e. The van der Waals surface area contributed by atoms with Crippen molar-refractivity contribution in [1.29, 1.82) is 5.26 Å². The van der Waals surface area contributed by atoms with E-state index in [2.05, 4.69) is 5.10 Å². The molecule has 2 amide bonds. The standard InChI is InChI=1S/C15H19N5O2/c16-10-12-9-13-11-19(7-8-20(13)17-12)15(22)4-6-18-5-2-1-3-14(18)21/h9H,1-8,11H2. The molecule has 7 heteroatoms. The lowest BCUT2D eigenvalue weighted by Gasteiger charge is -2.30. The van der Waals surface area contributed by atoms with Gasteiger partial charge in [0.1, 0.15) is 6.07 Å². The number of amides is 2. The van der Waals surface area contributed by atoms with Gasteiger partial charge < -0.3 is 9.80 Å². The molecule has 0 aromatic carbocycles. The Bertz CT molecular complexity index is 630. The van der Waals surface area contributed by atoms with Crippen LogP contribution in [-0.4, -0.2) is 51.0 Å². The highest BCUT2D eigenvalue weighted by Gasteiger charge is 2.24. The minimum Gasteiger partial charge on any atom is -0.342 e. The fraction of sp³-hybridized carbons (Fsp3) is 0.600. The number of nitriles is 1. The highest BCUT2D eigenvalue weighted by atomic mass is 16.2. The van der Waals surface area contributed by atoms with Crippen LogP contribution in [0.25, 0.3) is 0 Å². The summed E-state index contributed by atoms with van der Waals surface area (Å²) in [5.41, 5.74) is 1.29. The maximum atomic E-state index is 12.3. The molecule has 1 fully saturated rings. The van der Waals surface area contributed by atoms with Gasteiger partial charge >= 0.3 is 0 Å². The van der Waals surface area contributed by atoms with Crippen LogP contribution < -0.4 is 0 Å². The third-order valence-electron chi connectivity index (χ3n) is 4.28. The summed E-state index contributed by atoms with van der Waals surface area (Å²) in [6.07, 6.45) is 2.96. The molecule has 0 N–H and O–H groups in total. The van der Waals surface area contributed by atoms with Crippen molar-refractivity contribution in [3.63, 3.8) is 0 Å². The molecule has 3 rings (SSSR count). The number of nitrogens with zero attached hydrogens (tertiary/aromatic N) is 5. The van der Waals surface area contributed by atoms with Crippen molar-refractivity contribution in [1.82, 2.24) is 19.6 Å². The van der Waals surface area contributed by atoms with Gasteiger partial charge in [0.15, 0.2) is 5.69 Å². The van der Waals surface area contributed by atoms with Crippen molar-refractivity contribution >= 4 is 11.8 Å². The van der Waals surface area contributed by atoms with E-state index >= 15 is 0 Å². The van der Waals surface area contributed by atoms with Gasteiger partial charge in [-0.25, -0.2) is 0 Å². The van der Waals surface area contributed by atoms with Gasteiger partial charge in [-0.05, 0) is 18.9 Å². The van der Waals surface area contributed by atoms with E-state index in [0.29, 0.717) is 44.7 Å². The summed E-state index contributed by atoms with van der Waals surface area (Å²) in [5.74, 6) is 0.221. The summed E-state index contributed by atoms with van der Waals surface area (Å²) < 4.78 is 1.79. The van der Waals surface area contributed by atoms with Crippen LogP contribution in [-0.2, 0) is 22.7 Å². The molecule has 3 heterocycles. The second kappa shape index (κ2) is 6.18. The quantitative estimate of drug-likeness (QED) is 0.814. The topological polar surface area (TPSA) is 82.2 Å². The molecule has 7 nitrogen and oxygen atoms in total. The maximum absolute atomic E-state index is 12.3. The Morgan fingerprint density at radius 2 is 2.18 bits per heavy atom. The fourth-order valence-electron chi connectivity index (χ4n) is 3.02. The summed E-state index contributed by atoms with van der Waals surface area (Å²) in [4.78, 5) is 27.6. The van der Waals surface area contributed by atoms with Crippen molar-refractivity contribution in [2.45, 2.75) is 38.8 Å². The number of hydrogen-bond donors (Lipinski definition) is 0. The van der Waals surface area contributed by atoms with Crippen molar-refractivity contribution in [3.8, 4) is 6.07 Å². The number of carbonyl (C=O) groups excluding carboxylic acids is 2. The Kier molecular flexibility index (Phi) is 4.09. The van der Waals surface area contributed by atoms with Crippen LogP contribution in [0.2, 0.25) is 0 Å². The normalized spacial score (nSPS) is 18.0. The first-order chi connectivity index (χ1) is 10.7. The van der Waals surface area contributed by atoms with E-state index in [1.54, 1.807) is 20.5 Å². The molecule has 116 valence electrons. The van der Waals surface area contributed by atoms with Crippen LogP contribution in [0.4, 0.5) is 0 Å². The first-order valence-electron chi connectivity index (χ1n) is 7.70. The minimum atomic E-state index is 0.0596. The zero-order valence-electron chi connectivity index (χ0n) is 12.5. The Balaban J connectivity index is 1.55. The van der Waals surface area contributed by atoms with Gasteiger partial charge in [0.25, 0.3) is 0 Å². The molecule has 0 unspecified atom stereocenters. The highest BCUT2D eigenvalue weighted by molar-refractivity contribution is 5.79. The average Bonchev–Trinajstić information content (AvgIpc) is 2.96. The van der Waals surface area contributed by atoms with Crippen LogP contribution in [0, 0.1) is 11.3 Å². The Labute approximate surface area is 129 Å². The minimum absolute atomic E-state index is 0.0596. The van der Waals surface area contributed by atoms with Gasteiger partial charge in [-0.1, -0.05) is 0 Å². The number of carbonyl (C=O) groups is 2. The van der Waals surface area contributed by atoms with Gasteiger partial charge in [0.05, 0.1) is 18.8 Å². The lowest BCUT2D eigenvalue weighted by atomic mass is 10.1. The zero-order valence-corrected chi connectivity index (χ0v) is 12.5. The summed E-state index contributed by atoms with van der Waals surface area (Å²) >= 11 is 0. The lowest BCUT2D eigenvalue weighted by molar-refractivity contribution is -0.136. The Morgan fingerprint density at radius 1 is 1.32 bits per heavy atom. The van der Waals surface area contributed by atoms with E-state index in [0.717, 1.165) is 25.1 Å². The number of piperidine rings is 1. The van der Waals surface area contributed by atoms with E-state index in [-0.39, 0.29) is 11.8 Å². The monoisotopic (exact) mass is 301 g/mol. The van der Waals surface area contributed by atoms with Crippen LogP contribution in [0.15, 0.2) is 6.07 Å². The molecule has 0 bridgehead atoms. The number of hydrogen-bond acceptors (Lipinski definition) is 4. The molecule has 1 aromatic rings. The Hall–Kier alpha value is -2.36. The summed E-state index contributed by atoms with van der Waals surface area (Å²) in [6, 6.07) is 3.75. The molecular weight excluding hydrogens is 282 g/mol. The van der Waals surface area contributed by atoms with Crippen molar-refractivity contribution in [3.05, 3.63) is 17.5 Å². The van der Waals surface area contributed by atoms with Crippen molar-refractivity contribution < 1.29 is 9.59 Å². The van der Waals surface area contributed by atoms with Crippen molar-refractivity contribution in [2.24, 2.45) is 0 Å². The largest absolute Gasteiger partial charge is 0.342 e. The average molecular weight is 301 g/mol. The SMILES string of the molecule is N#Cc1cc2n(n1)CCN(C(=O)CCN1CCCCC1=O)C2. The number of aromatic nitrogens is 2. The molecule has 0 atom stereocenters. The summed E-state index contributed by atoms with van der Waals surface area (Å²) in [5, 5.41) is 13.0.